The molecule has 0 saturated heterocycles. The van der Waals surface area contributed by atoms with Gasteiger partial charge in [0, 0.05) is 5.66 Å². The first-order valence-corrected chi connectivity index (χ1v) is 8.35. The molecule has 19 heavy (non-hydrogen) atoms. The van der Waals surface area contributed by atoms with E-state index in [0.29, 0.717) is 5.66 Å². The van der Waals surface area contributed by atoms with E-state index in [-0.39, 0.29) is 6.10 Å². The highest BCUT2D eigenvalue weighted by Gasteiger charge is 2.33. The van der Waals surface area contributed by atoms with Crippen LogP contribution in [0, 0.1) is 0 Å². The average molecular weight is 270 g/mol. The minimum atomic E-state index is -0.441. The predicted molar refractivity (Wildman–Crippen MR) is 82.7 cm³/mol. The van der Waals surface area contributed by atoms with Crippen LogP contribution in [0.5, 0.6) is 0 Å². The van der Waals surface area contributed by atoms with Crippen LogP contribution < -0.4 is 10.6 Å². The van der Waals surface area contributed by atoms with Crippen molar-refractivity contribution in [3.05, 3.63) is 60.7 Å². The molecule has 1 nitrogen and oxygen atoms in total. The Balaban J connectivity index is 2.01. The van der Waals surface area contributed by atoms with E-state index < -0.39 is 7.92 Å². The molecule has 2 atom stereocenters. The van der Waals surface area contributed by atoms with Crippen LogP contribution in [0.1, 0.15) is 19.3 Å². The van der Waals surface area contributed by atoms with E-state index in [1.165, 1.54) is 10.6 Å². The zero-order valence-electron chi connectivity index (χ0n) is 10.9. The first kappa shape index (κ1) is 12.8. The van der Waals surface area contributed by atoms with Gasteiger partial charge in [0.1, 0.15) is 0 Å². The Labute approximate surface area is 116 Å². The summed E-state index contributed by atoms with van der Waals surface area (Å²) in [7, 11) is -0.441. The molecular formula is C17H19OP. The number of benzene rings is 2. The Bertz CT molecular complexity index is 472. The van der Waals surface area contributed by atoms with Gasteiger partial charge in [0.2, 0.25) is 0 Å². The summed E-state index contributed by atoms with van der Waals surface area (Å²) in [6, 6.07) is 21.4. The molecule has 1 N–H and O–H groups in total. The normalized spacial score (nSPS) is 22.8. The maximum Gasteiger partial charge on any atom is 0.0613 e. The third-order valence-electron chi connectivity index (χ3n) is 3.84. The first-order valence-electron chi connectivity index (χ1n) is 6.93. The fourth-order valence-electron chi connectivity index (χ4n) is 2.93. The average Bonchev–Trinajstić information content (AvgIpc) is 2.88. The summed E-state index contributed by atoms with van der Waals surface area (Å²) in [5.41, 5.74) is 0.416. The summed E-state index contributed by atoms with van der Waals surface area (Å²) in [5.74, 6) is 0. The van der Waals surface area contributed by atoms with E-state index in [9.17, 15) is 5.11 Å². The molecule has 0 bridgehead atoms. The van der Waals surface area contributed by atoms with Crippen LogP contribution in [0.25, 0.3) is 0 Å². The van der Waals surface area contributed by atoms with Crippen LogP contribution in [-0.2, 0) is 0 Å². The van der Waals surface area contributed by atoms with Crippen LogP contribution >= 0.6 is 7.92 Å². The molecule has 0 spiro atoms. The van der Waals surface area contributed by atoms with Crippen molar-refractivity contribution in [1.82, 2.24) is 0 Å². The van der Waals surface area contributed by atoms with Crippen molar-refractivity contribution in [3.63, 3.8) is 0 Å². The van der Waals surface area contributed by atoms with Crippen molar-refractivity contribution < 1.29 is 5.11 Å². The van der Waals surface area contributed by atoms with E-state index >= 15 is 0 Å². The summed E-state index contributed by atoms with van der Waals surface area (Å²) in [6.07, 6.45) is 3.14. The predicted octanol–water partition coefficient (Wildman–Crippen LogP) is 3.03. The minimum absolute atomic E-state index is 0.133. The minimum Gasteiger partial charge on any atom is -0.392 e. The number of aliphatic hydroxyl groups is 1. The van der Waals surface area contributed by atoms with Gasteiger partial charge in [-0.25, -0.2) is 0 Å². The Morgan fingerprint density at radius 1 is 0.789 bits per heavy atom. The van der Waals surface area contributed by atoms with Gasteiger partial charge in [0.15, 0.2) is 0 Å². The first-order chi connectivity index (χ1) is 9.36. The van der Waals surface area contributed by atoms with Crippen molar-refractivity contribution >= 4 is 18.5 Å². The van der Waals surface area contributed by atoms with Crippen LogP contribution in [0.4, 0.5) is 0 Å². The lowest BCUT2D eigenvalue weighted by molar-refractivity contribution is 0.187. The second-order valence-electron chi connectivity index (χ2n) is 5.11. The lowest BCUT2D eigenvalue weighted by Crippen LogP contribution is -2.27. The molecule has 1 saturated carbocycles. The number of rotatable bonds is 3. The zero-order chi connectivity index (χ0) is 13.1. The fourth-order valence-corrected chi connectivity index (χ4v) is 5.92. The zero-order valence-corrected chi connectivity index (χ0v) is 11.8. The van der Waals surface area contributed by atoms with Crippen LogP contribution in [0.3, 0.4) is 0 Å². The van der Waals surface area contributed by atoms with Gasteiger partial charge in [0.05, 0.1) is 6.10 Å². The molecule has 0 amide bonds. The Kier molecular flexibility index (Phi) is 3.96. The second kappa shape index (κ2) is 5.86. The van der Waals surface area contributed by atoms with E-state index in [1.54, 1.807) is 0 Å². The molecule has 2 aromatic rings. The van der Waals surface area contributed by atoms with E-state index in [0.717, 1.165) is 19.3 Å². The standard InChI is InChI=1S/C17H19OP/c18-16-12-7-13-17(16)19(14-8-3-1-4-9-14)15-10-5-2-6-11-15/h1-6,8-11,16-18H,7,12-13H2. The highest BCUT2D eigenvalue weighted by Crippen LogP contribution is 2.47. The molecule has 1 aliphatic rings. The molecule has 0 aromatic heterocycles. The molecule has 0 heterocycles. The Hall–Kier alpha value is -1.17. The highest BCUT2D eigenvalue weighted by molar-refractivity contribution is 7.73. The van der Waals surface area contributed by atoms with Gasteiger partial charge in [-0.1, -0.05) is 67.1 Å². The molecule has 2 unspecified atom stereocenters. The Morgan fingerprint density at radius 3 is 1.74 bits per heavy atom. The molecule has 0 radical (unpaired) electrons. The van der Waals surface area contributed by atoms with E-state index in [4.69, 9.17) is 0 Å². The maximum atomic E-state index is 10.3. The Morgan fingerprint density at radius 2 is 1.32 bits per heavy atom. The van der Waals surface area contributed by atoms with Crippen molar-refractivity contribution in [2.45, 2.75) is 31.0 Å². The number of aliphatic hydroxyl groups excluding tert-OH is 1. The van der Waals surface area contributed by atoms with Crippen LogP contribution in [-0.4, -0.2) is 16.9 Å². The van der Waals surface area contributed by atoms with Gasteiger partial charge in [-0.3, -0.25) is 0 Å². The van der Waals surface area contributed by atoms with Crippen molar-refractivity contribution in [2.75, 3.05) is 0 Å². The number of hydrogen-bond donors (Lipinski definition) is 1. The SMILES string of the molecule is OC1CCCC1P(c1ccccc1)c1ccccc1. The third kappa shape index (κ3) is 2.73. The van der Waals surface area contributed by atoms with Crippen molar-refractivity contribution in [1.29, 1.82) is 0 Å². The lowest BCUT2D eigenvalue weighted by atomic mass is 10.3. The topological polar surface area (TPSA) is 20.2 Å². The summed E-state index contributed by atoms with van der Waals surface area (Å²) >= 11 is 0. The summed E-state index contributed by atoms with van der Waals surface area (Å²) in [6.45, 7) is 0. The van der Waals surface area contributed by atoms with Gasteiger partial charge in [-0.15, -0.1) is 0 Å². The number of hydrogen-bond acceptors (Lipinski definition) is 1. The smallest absolute Gasteiger partial charge is 0.0613 e. The van der Waals surface area contributed by atoms with Crippen molar-refractivity contribution in [3.8, 4) is 0 Å². The van der Waals surface area contributed by atoms with Gasteiger partial charge in [-0.2, -0.15) is 0 Å². The fraction of sp³-hybridized carbons (Fsp3) is 0.294. The summed E-state index contributed by atoms with van der Waals surface area (Å²) in [5, 5.41) is 13.1. The molecule has 2 aromatic carbocycles. The largest absolute Gasteiger partial charge is 0.392 e. The summed E-state index contributed by atoms with van der Waals surface area (Å²) in [4.78, 5) is 0. The van der Waals surface area contributed by atoms with E-state index in [2.05, 4.69) is 60.7 Å². The van der Waals surface area contributed by atoms with Crippen molar-refractivity contribution in [2.24, 2.45) is 0 Å². The molecule has 1 aliphatic carbocycles. The van der Waals surface area contributed by atoms with E-state index in [1.807, 2.05) is 0 Å². The highest BCUT2D eigenvalue weighted by atomic mass is 31.1. The molecular weight excluding hydrogens is 251 g/mol. The molecule has 3 rings (SSSR count). The second-order valence-corrected chi connectivity index (χ2v) is 7.54. The van der Waals surface area contributed by atoms with Gasteiger partial charge in [0.25, 0.3) is 0 Å². The monoisotopic (exact) mass is 270 g/mol. The molecule has 1 fully saturated rings. The van der Waals surface area contributed by atoms with Gasteiger partial charge >= 0.3 is 0 Å². The van der Waals surface area contributed by atoms with Gasteiger partial charge < -0.3 is 5.11 Å². The molecule has 98 valence electrons. The van der Waals surface area contributed by atoms with Crippen LogP contribution in [0.15, 0.2) is 60.7 Å². The summed E-state index contributed by atoms with van der Waals surface area (Å²) < 4.78 is 0. The quantitative estimate of drug-likeness (QED) is 0.850. The maximum absolute atomic E-state index is 10.3. The van der Waals surface area contributed by atoms with Crippen LogP contribution in [0.2, 0.25) is 0 Å². The lowest BCUT2D eigenvalue weighted by Gasteiger charge is -2.27. The third-order valence-corrected chi connectivity index (χ3v) is 6.82. The van der Waals surface area contributed by atoms with Gasteiger partial charge in [-0.05, 0) is 31.4 Å². The molecule has 0 aliphatic heterocycles. The molecule has 2 heteroatoms.